The smallest absolute Gasteiger partial charge is 0.415 e. The van der Waals surface area contributed by atoms with E-state index in [1.807, 2.05) is 0 Å². The van der Waals surface area contributed by atoms with Gasteiger partial charge >= 0.3 is 11.8 Å². The molecule has 0 aliphatic carbocycles. The quantitative estimate of drug-likeness (QED) is 0.624. The van der Waals surface area contributed by atoms with Crippen LogP contribution in [0.2, 0.25) is 0 Å². The van der Waals surface area contributed by atoms with Crippen LogP contribution < -0.4 is 9.47 Å². The van der Waals surface area contributed by atoms with Crippen LogP contribution in [0.5, 0.6) is 11.5 Å². The van der Waals surface area contributed by atoms with Gasteiger partial charge in [0.05, 0.1) is 11.0 Å². The summed E-state index contributed by atoms with van der Waals surface area (Å²) in [5, 5.41) is 11.1. The van der Waals surface area contributed by atoms with Crippen LogP contribution >= 0.6 is 0 Å². The van der Waals surface area contributed by atoms with Gasteiger partial charge in [0.25, 0.3) is 0 Å². The highest BCUT2D eigenvalue weighted by Gasteiger charge is 2.23. The minimum atomic E-state index is -0.499. The third-order valence-corrected chi connectivity index (χ3v) is 3.63. The molecule has 0 saturated carbocycles. The van der Waals surface area contributed by atoms with Crippen LogP contribution in [-0.4, -0.2) is 35.1 Å². The maximum Gasteiger partial charge on any atom is 0.415 e. The number of carbonyl (C=O) groups is 1. The highest BCUT2D eigenvalue weighted by Crippen LogP contribution is 2.35. The van der Waals surface area contributed by atoms with Crippen molar-refractivity contribution < 1.29 is 19.2 Å². The van der Waals surface area contributed by atoms with Crippen LogP contribution in [0.1, 0.15) is 38.7 Å². The van der Waals surface area contributed by atoms with E-state index in [1.54, 1.807) is 25.7 Å². The number of nitro benzene ring substituents is 1. The fraction of sp³-hybridized carbons (Fsp3) is 0.562. The van der Waals surface area contributed by atoms with E-state index in [1.165, 1.54) is 12.1 Å². The lowest BCUT2D eigenvalue weighted by Gasteiger charge is -2.26. The van der Waals surface area contributed by atoms with E-state index in [9.17, 15) is 14.9 Å². The third-order valence-electron chi connectivity index (χ3n) is 3.63. The summed E-state index contributed by atoms with van der Waals surface area (Å²) < 4.78 is 10.9. The topological polar surface area (TPSA) is 81.9 Å². The standard InChI is InChI=1S/C16H22N2O5/c1-11(2)22-15-10-14(12(3)9-13(15)18(20)21)23-16(19)17-7-5-4-6-8-17/h9-11H,4-8H2,1-3H3. The fourth-order valence-electron chi connectivity index (χ4n) is 2.49. The third kappa shape index (κ3) is 4.34. The number of ether oxygens (including phenoxy) is 2. The van der Waals surface area contributed by atoms with Crippen molar-refractivity contribution in [3.05, 3.63) is 27.8 Å². The number of nitrogens with zero attached hydrogens (tertiary/aromatic N) is 2. The molecule has 1 amide bonds. The van der Waals surface area contributed by atoms with E-state index in [0.29, 0.717) is 24.4 Å². The summed E-state index contributed by atoms with van der Waals surface area (Å²) in [5.41, 5.74) is 0.395. The van der Waals surface area contributed by atoms with Crippen LogP contribution in [0.4, 0.5) is 10.5 Å². The monoisotopic (exact) mass is 322 g/mol. The number of benzene rings is 1. The Hall–Kier alpha value is -2.31. The summed E-state index contributed by atoms with van der Waals surface area (Å²) in [4.78, 5) is 24.5. The molecule has 0 spiro atoms. The largest absolute Gasteiger partial charge is 0.484 e. The molecule has 1 aliphatic rings. The molecule has 0 aromatic heterocycles. The number of amides is 1. The average Bonchev–Trinajstić information content (AvgIpc) is 2.50. The van der Waals surface area contributed by atoms with Crippen LogP contribution in [0.3, 0.4) is 0 Å². The van der Waals surface area contributed by atoms with Gasteiger partial charge < -0.3 is 14.4 Å². The zero-order chi connectivity index (χ0) is 17.0. The van der Waals surface area contributed by atoms with Crippen LogP contribution in [-0.2, 0) is 0 Å². The summed E-state index contributed by atoms with van der Waals surface area (Å²) in [7, 11) is 0. The lowest BCUT2D eigenvalue weighted by atomic mass is 10.1. The van der Waals surface area contributed by atoms with E-state index >= 15 is 0 Å². The molecule has 1 saturated heterocycles. The molecule has 1 heterocycles. The van der Waals surface area contributed by atoms with Gasteiger partial charge in [0.15, 0.2) is 0 Å². The summed E-state index contributed by atoms with van der Waals surface area (Å²) in [5.74, 6) is 0.402. The number of rotatable bonds is 4. The molecule has 1 fully saturated rings. The zero-order valence-corrected chi connectivity index (χ0v) is 13.7. The molecule has 0 unspecified atom stereocenters. The predicted octanol–water partition coefficient (Wildman–Crippen LogP) is 3.68. The number of likely N-dealkylation sites (tertiary alicyclic amines) is 1. The van der Waals surface area contributed by atoms with Gasteiger partial charge in [-0.2, -0.15) is 0 Å². The van der Waals surface area contributed by atoms with Gasteiger partial charge in [-0.3, -0.25) is 10.1 Å². The van der Waals surface area contributed by atoms with Crippen molar-refractivity contribution in [3.8, 4) is 11.5 Å². The molecule has 0 N–H and O–H groups in total. The van der Waals surface area contributed by atoms with Gasteiger partial charge in [-0.15, -0.1) is 0 Å². The highest BCUT2D eigenvalue weighted by atomic mass is 16.6. The van der Waals surface area contributed by atoms with E-state index in [2.05, 4.69) is 0 Å². The second-order valence-electron chi connectivity index (χ2n) is 5.92. The maximum absolute atomic E-state index is 12.2. The Bertz CT molecular complexity index is 594. The molecule has 1 aliphatic heterocycles. The van der Waals surface area contributed by atoms with Crippen molar-refractivity contribution in [1.29, 1.82) is 0 Å². The predicted molar refractivity (Wildman–Crippen MR) is 85.0 cm³/mol. The number of carbonyl (C=O) groups excluding carboxylic acids is 1. The Morgan fingerprint density at radius 3 is 2.43 bits per heavy atom. The van der Waals surface area contributed by atoms with E-state index < -0.39 is 11.0 Å². The Balaban J connectivity index is 2.23. The Morgan fingerprint density at radius 1 is 1.22 bits per heavy atom. The molecule has 0 atom stereocenters. The average molecular weight is 322 g/mol. The van der Waals surface area contributed by atoms with E-state index in [4.69, 9.17) is 9.47 Å². The van der Waals surface area contributed by atoms with Gasteiger partial charge in [-0.05, 0) is 45.6 Å². The van der Waals surface area contributed by atoms with Crippen molar-refractivity contribution in [2.24, 2.45) is 0 Å². The first kappa shape index (κ1) is 17.1. The molecule has 7 heteroatoms. The van der Waals surface area contributed by atoms with Crippen molar-refractivity contribution in [2.75, 3.05) is 13.1 Å². The first-order valence-corrected chi connectivity index (χ1v) is 7.81. The second-order valence-corrected chi connectivity index (χ2v) is 5.92. The molecule has 0 bridgehead atoms. The Kier molecular flexibility index (Phi) is 5.41. The summed E-state index contributed by atoms with van der Waals surface area (Å²) in [6, 6.07) is 2.80. The van der Waals surface area contributed by atoms with Crippen LogP contribution in [0, 0.1) is 17.0 Å². The minimum absolute atomic E-state index is 0.108. The molecule has 7 nitrogen and oxygen atoms in total. The van der Waals surface area contributed by atoms with Gasteiger partial charge in [0.2, 0.25) is 5.75 Å². The summed E-state index contributed by atoms with van der Waals surface area (Å²) in [6.07, 6.45) is 2.41. The van der Waals surface area contributed by atoms with Crippen molar-refractivity contribution in [3.63, 3.8) is 0 Å². The molecule has 1 aromatic rings. The van der Waals surface area contributed by atoms with Crippen LogP contribution in [0.25, 0.3) is 0 Å². The Morgan fingerprint density at radius 2 is 1.87 bits per heavy atom. The lowest BCUT2D eigenvalue weighted by Crippen LogP contribution is -2.37. The lowest BCUT2D eigenvalue weighted by molar-refractivity contribution is -0.386. The fourth-order valence-corrected chi connectivity index (χ4v) is 2.49. The van der Waals surface area contributed by atoms with Gasteiger partial charge in [-0.1, -0.05) is 0 Å². The van der Waals surface area contributed by atoms with Crippen molar-refractivity contribution in [2.45, 2.75) is 46.1 Å². The SMILES string of the molecule is Cc1cc([N+](=O)[O-])c(OC(C)C)cc1OC(=O)N1CCCCC1. The van der Waals surface area contributed by atoms with E-state index in [0.717, 1.165) is 19.3 Å². The number of aryl methyl sites for hydroxylation is 1. The van der Waals surface area contributed by atoms with Gasteiger partial charge in [-0.25, -0.2) is 4.79 Å². The number of hydrogen-bond acceptors (Lipinski definition) is 5. The number of hydrogen-bond donors (Lipinski definition) is 0. The molecule has 2 rings (SSSR count). The molecule has 0 radical (unpaired) electrons. The number of nitro groups is 1. The molecule has 23 heavy (non-hydrogen) atoms. The van der Waals surface area contributed by atoms with E-state index in [-0.39, 0.29) is 17.5 Å². The van der Waals surface area contributed by atoms with Crippen molar-refractivity contribution in [1.82, 2.24) is 4.90 Å². The van der Waals surface area contributed by atoms with Gasteiger partial charge in [0, 0.05) is 25.2 Å². The first-order valence-electron chi connectivity index (χ1n) is 7.81. The minimum Gasteiger partial charge on any atom is -0.484 e. The normalized spacial score (nSPS) is 14.7. The number of piperidine rings is 1. The summed E-state index contributed by atoms with van der Waals surface area (Å²) >= 11 is 0. The summed E-state index contributed by atoms with van der Waals surface area (Å²) in [6.45, 7) is 6.59. The molecular formula is C16H22N2O5. The zero-order valence-electron chi connectivity index (χ0n) is 13.7. The van der Waals surface area contributed by atoms with Gasteiger partial charge in [0.1, 0.15) is 5.75 Å². The highest BCUT2D eigenvalue weighted by molar-refractivity contribution is 5.72. The second kappa shape index (κ2) is 7.30. The first-order chi connectivity index (χ1) is 10.9. The molecular weight excluding hydrogens is 300 g/mol. The molecule has 1 aromatic carbocycles. The van der Waals surface area contributed by atoms with Crippen LogP contribution in [0.15, 0.2) is 12.1 Å². The molecule has 126 valence electrons. The van der Waals surface area contributed by atoms with Crippen molar-refractivity contribution >= 4 is 11.8 Å². The Labute approximate surface area is 135 Å². The maximum atomic E-state index is 12.2.